The van der Waals surface area contributed by atoms with Crippen molar-refractivity contribution in [3.63, 3.8) is 0 Å². The van der Waals surface area contributed by atoms with Crippen LogP contribution in [0.5, 0.6) is 0 Å². The normalized spacial score (nSPS) is 22.4. The average molecular weight is 305 g/mol. The second kappa shape index (κ2) is 6.09. The highest BCUT2D eigenvalue weighted by Gasteiger charge is 2.22. The first-order valence-corrected chi connectivity index (χ1v) is 7.79. The van der Waals surface area contributed by atoms with Crippen LogP contribution >= 0.6 is 12.2 Å². The number of benzene rings is 1. The lowest BCUT2D eigenvalue weighted by Crippen LogP contribution is -3.13. The van der Waals surface area contributed by atoms with Gasteiger partial charge in [0.05, 0.1) is 6.54 Å². The van der Waals surface area contributed by atoms with E-state index in [-0.39, 0.29) is 6.10 Å². The molecule has 21 heavy (non-hydrogen) atoms. The minimum atomic E-state index is -0.194. The molecule has 2 atom stereocenters. The third-order valence-electron chi connectivity index (χ3n) is 3.98. The van der Waals surface area contributed by atoms with Crippen molar-refractivity contribution in [3.8, 4) is 5.69 Å². The van der Waals surface area contributed by atoms with Gasteiger partial charge >= 0.3 is 0 Å². The number of rotatable bonds is 3. The highest BCUT2D eigenvalue weighted by Crippen LogP contribution is 2.11. The van der Waals surface area contributed by atoms with Gasteiger partial charge in [-0.2, -0.15) is 9.78 Å². The quantitative estimate of drug-likeness (QED) is 0.821. The van der Waals surface area contributed by atoms with E-state index in [1.165, 1.54) is 4.90 Å². The second-order valence-corrected chi connectivity index (χ2v) is 6.02. The first kappa shape index (κ1) is 14.4. The van der Waals surface area contributed by atoms with Crippen LogP contribution in [0.3, 0.4) is 0 Å². The summed E-state index contributed by atoms with van der Waals surface area (Å²) in [4.78, 5) is 1.34. The van der Waals surface area contributed by atoms with Crippen LogP contribution in [0.2, 0.25) is 0 Å². The summed E-state index contributed by atoms with van der Waals surface area (Å²) in [5.74, 6) is 0.892. The fourth-order valence-electron chi connectivity index (χ4n) is 2.97. The SMILES string of the molecule is Cc1nn(C[NH+]2CCC[C@@H](O)C2)c(=S)n1-c1ccccc1. The minimum Gasteiger partial charge on any atom is -0.387 e. The number of hydrogen-bond donors (Lipinski definition) is 2. The summed E-state index contributed by atoms with van der Waals surface area (Å²) in [6.45, 7) is 4.53. The number of nitrogens with one attached hydrogen (secondary N) is 1. The number of aryl methyl sites for hydroxylation is 1. The lowest BCUT2D eigenvalue weighted by molar-refractivity contribution is -0.931. The van der Waals surface area contributed by atoms with Gasteiger partial charge in [-0.15, -0.1) is 0 Å². The van der Waals surface area contributed by atoms with Crippen molar-refractivity contribution in [2.45, 2.75) is 32.5 Å². The molecule has 2 aromatic rings. The van der Waals surface area contributed by atoms with Crippen LogP contribution in [0.4, 0.5) is 0 Å². The predicted octanol–water partition coefficient (Wildman–Crippen LogP) is 0.709. The van der Waals surface area contributed by atoms with E-state index in [1.54, 1.807) is 0 Å². The number of likely N-dealkylation sites (tertiary alicyclic amines) is 1. The van der Waals surface area contributed by atoms with Crippen LogP contribution < -0.4 is 4.90 Å². The van der Waals surface area contributed by atoms with Crippen LogP contribution in [-0.4, -0.2) is 38.6 Å². The number of aliphatic hydroxyl groups is 1. The van der Waals surface area contributed by atoms with Crippen molar-refractivity contribution < 1.29 is 10.0 Å². The fourth-order valence-corrected chi connectivity index (χ4v) is 3.32. The van der Waals surface area contributed by atoms with Gasteiger partial charge in [-0.05, 0) is 44.1 Å². The number of aliphatic hydroxyl groups excluding tert-OH is 1. The first-order chi connectivity index (χ1) is 10.1. The molecule has 2 N–H and O–H groups in total. The molecule has 0 amide bonds. The second-order valence-electron chi connectivity index (χ2n) is 5.66. The van der Waals surface area contributed by atoms with Crippen molar-refractivity contribution in [1.29, 1.82) is 0 Å². The molecule has 2 heterocycles. The molecule has 1 aliphatic heterocycles. The molecule has 1 fully saturated rings. The van der Waals surface area contributed by atoms with E-state index in [2.05, 4.69) is 5.10 Å². The van der Waals surface area contributed by atoms with Crippen LogP contribution in [-0.2, 0) is 6.67 Å². The van der Waals surface area contributed by atoms with Gasteiger partial charge in [-0.25, -0.2) is 0 Å². The molecule has 0 radical (unpaired) electrons. The zero-order chi connectivity index (χ0) is 14.8. The molecule has 3 rings (SSSR count). The number of aromatic nitrogens is 3. The van der Waals surface area contributed by atoms with Crippen molar-refractivity contribution >= 4 is 12.2 Å². The van der Waals surface area contributed by atoms with E-state index in [4.69, 9.17) is 12.2 Å². The van der Waals surface area contributed by atoms with Gasteiger partial charge in [0.15, 0.2) is 6.67 Å². The molecule has 1 aromatic heterocycles. The maximum absolute atomic E-state index is 9.78. The Morgan fingerprint density at radius 1 is 1.38 bits per heavy atom. The Balaban J connectivity index is 1.86. The smallest absolute Gasteiger partial charge is 0.207 e. The number of para-hydroxylation sites is 1. The fraction of sp³-hybridized carbons (Fsp3) is 0.467. The summed E-state index contributed by atoms with van der Waals surface area (Å²) in [6.07, 6.45) is 1.77. The Kier molecular flexibility index (Phi) is 4.19. The average Bonchev–Trinajstić information content (AvgIpc) is 2.74. The van der Waals surface area contributed by atoms with Crippen molar-refractivity contribution in [2.24, 2.45) is 0 Å². The molecular weight excluding hydrogens is 284 g/mol. The van der Waals surface area contributed by atoms with E-state index in [0.29, 0.717) is 4.77 Å². The molecule has 5 nitrogen and oxygen atoms in total. The summed E-state index contributed by atoms with van der Waals surface area (Å²) in [6, 6.07) is 10.1. The lowest BCUT2D eigenvalue weighted by Gasteiger charge is -2.26. The molecule has 0 aliphatic carbocycles. The van der Waals surface area contributed by atoms with E-state index in [1.807, 2.05) is 46.5 Å². The summed E-state index contributed by atoms with van der Waals surface area (Å²) in [5, 5.41) is 14.4. The third kappa shape index (κ3) is 3.07. The molecule has 6 heteroatoms. The topological polar surface area (TPSA) is 47.4 Å². The predicted molar refractivity (Wildman–Crippen MR) is 83.1 cm³/mol. The maximum atomic E-state index is 9.78. The number of quaternary nitrogens is 1. The van der Waals surface area contributed by atoms with Gasteiger partial charge in [0, 0.05) is 5.69 Å². The molecule has 1 unspecified atom stereocenters. The number of nitrogens with zero attached hydrogens (tertiary/aromatic N) is 3. The van der Waals surface area contributed by atoms with Gasteiger partial charge in [-0.3, -0.25) is 4.57 Å². The van der Waals surface area contributed by atoms with Gasteiger partial charge < -0.3 is 10.0 Å². The molecule has 1 aromatic carbocycles. The Bertz CT molecular complexity index is 664. The molecular formula is C15H21N4OS+. The van der Waals surface area contributed by atoms with Gasteiger partial charge in [0.1, 0.15) is 18.5 Å². The molecule has 0 saturated carbocycles. The lowest BCUT2D eigenvalue weighted by atomic mass is 10.1. The number of piperidine rings is 1. The van der Waals surface area contributed by atoms with Crippen LogP contribution in [0.1, 0.15) is 18.7 Å². The Morgan fingerprint density at radius 2 is 2.14 bits per heavy atom. The molecule has 112 valence electrons. The third-order valence-corrected chi connectivity index (χ3v) is 4.37. The van der Waals surface area contributed by atoms with Crippen molar-refractivity contribution in [2.75, 3.05) is 13.1 Å². The zero-order valence-electron chi connectivity index (χ0n) is 12.2. The molecule has 0 bridgehead atoms. The van der Waals surface area contributed by atoms with E-state index in [0.717, 1.165) is 44.1 Å². The summed E-state index contributed by atoms with van der Waals surface area (Å²) < 4.78 is 4.59. The minimum absolute atomic E-state index is 0.194. The highest BCUT2D eigenvalue weighted by atomic mass is 32.1. The molecule has 1 aliphatic rings. The Morgan fingerprint density at radius 3 is 2.86 bits per heavy atom. The van der Waals surface area contributed by atoms with Crippen LogP contribution in [0, 0.1) is 11.7 Å². The monoisotopic (exact) mass is 305 g/mol. The standard InChI is InChI=1S/C15H20N4OS/c1-12-16-18(11-17-9-5-8-14(20)10-17)15(21)19(12)13-6-3-2-4-7-13/h2-4,6-7,14,20H,5,8-11H2,1H3/p+1/t14-/m1/s1. The Hall–Kier alpha value is -1.50. The molecule has 1 saturated heterocycles. The van der Waals surface area contributed by atoms with Gasteiger partial charge in [0.25, 0.3) is 0 Å². The van der Waals surface area contributed by atoms with Crippen LogP contribution in [0.15, 0.2) is 30.3 Å². The van der Waals surface area contributed by atoms with Gasteiger partial charge in [0.2, 0.25) is 4.77 Å². The number of hydrogen-bond acceptors (Lipinski definition) is 3. The van der Waals surface area contributed by atoms with E-state index in [9.17, 15) is 5.11 Å². The maximum Gasteiger partial charge on any atom is 0.207 e. The Labute approximate surface area is 129 Å². The van der Waals surface area contributed by atoms with E-state index >= 15 is 0 Å². The first-order valence-electron chi connectivity index (χ1n) is 7.38. The zero-order valence-corrected chi connectivity index (χ0v) is 13.0. The highest BCUT2D eigenvalue weighted by molar-refractivity contribution is 7.71. The van der Waals surface area contributed by atoms with E-state index < -0.39 is 0 Å². The summed E-state index contributed by atoms with van der Waals surface area (Å²) >= 11 is 5.58. The van der Waals surface area contributed by atoms with Gasteiger partial charge in [-0.1, -0.05) is 18.2 Å². The summed E-state index contributed by atoms with van der Waals surface area (Å²) in [5.41, 5.74) is 1.04. The largest absolute Gasteiger partial charge is 0.387 e. The molecule has 0 spiro atoms. The van der Waals surface area contributed by atoms with Crippen molar-refractivity contribution in [1.82, 2.24) is 14.3 Å². The summed E-state index contributed by atoms with van der Waals surface area (Å²) in [7, 11) is 0. The van der Waals surface area contributed by atoms with Crippen molar-refractivity contribution in [3.05, 3.63) is 40.9 Å². The van der Waals surface area contributed by atoms with Crippen LogP contribution in [0.25, 0.3) is 5.69 Å².